The summed E-state index contributed by atoms with van der Waals surface area (Å²) in [5, 5.41) is 0. The van der Waals surface area contributed by atoms with Gasteiger partial charge in [0.25, 0.3) is 0 Å². The number of aryl methyl sites for hydroxylation is 1. The molecule has 20 heavy (non-hydrogen) atoms. The average Bonchev–Trinajstić information content (AvgIpc) is 2.89. The molecule has 0 fully saturated rings. The number of aromatic nitrogens is 2. The Morgan fingerprint density at radius 3 is 2.60 bits per heavy atom. The lowest BCUT2D eigenvalue weighted by molar-refractivity contribution is 0.404. The van der Waals surface area contributed by atoms with Gasteiger partial charge in [-0.25, -0.2) is 4.98 Å². The van der Waals surface area contributed by atoms with E-state index in [9.17, 15) is 0 Å². The van der Waals surface area contributed by atoms with Gasteiger partial charge in [-0.2, -0.15) is 0 Å². The van der Waals surface area contributed by atoms with E-state index in [2.05, 4.69) is 29.0 Å². The van der Waals surface area contributed by atoms with Crippen LogP contribution in [-0.4, -0.2) is 24.2 Å². The number of fused-ring (bicyclic) bond motifs is 1. The highest BCUT2D eigenvalue weighted by molar-refractivity contribution is 5.81. The molecule has 3 aromatic rings. The predicted molar refractivity (Wildman–Crippen MR) is 79.4 cm³/mol. The fourth-order valence-corrected chi connectivity index (χ4v) is 2.25. The monoisotopic (exact) mass is 268 g/mol. The van der Waals surface area contributed by atoms with E-state index < -0.39 is 0 Å². The smallest absolute Gasteiger partial charge is 0.142 e. The Hall–Kier alpha value is -2.49. The summed E-state index contributed by atoms with van der Waals surface area (Å²) in [6, 6.07) is 11.8. The second kappa shape index (κ2) is 4.89. The molecule has 0 aliphatic heterocycles. The summed E-state index contributed by atoms with van der Waals surface area (Å²) >= 11 is 0. The summed E-state index contributed by atoms with van der Waals surface area (Å²) < 4.78 is 10.7. The van der Waals surface area contributed by atoms with Gasteiger partial charge in [-0.15, -0.1) is 0 Å². The summed E-state index contributed by atoms with van der Waals surface area (Å²) in [7, 11) is 3.30. The van der Waals surface area contributed by atoms with Crippen molar-refractivity contribution in [3.05, 3.63) is 42.0 Å². The largest absolute Gasteiger partial charge is 0.497 e. The van der Waals surface area contributed by atoms with Gasteiger partial charge >= 0.3 is 0 Å². The van der Waals surface area contributed by atoms with Gasteiger partial charge in [0.1, 0.15) is 17.3 Å². The lowest BCUT2D eigenvalue weighted by Crippen LogP contribution is -1.91. The molecule has 0 radical (unpaired) electrons. The fraction of sp³-hybridized carbons (Fsp3) is 0.188. The minimum atomic E-state index is 0.765. The van der Waals surface area contributed by atoms with Crippen LogP contribution in [0.1, 0.15) is 5.56 Å². The molecule has 4 nitrogen and oxygen atoms in total. The van der Waals surface area contributed by atoms with Crippen LogP contribution in [-0.2, 0) is 0 Å². The fourth-order valence-electron chi connectivity index (χ4n) is 2.25. The Bertz CT molecular complexity index is 762. The zero-order chi connectivity index (χ0) is 14.1. The molecular weight excluding hydrogens is 252 g/mol. The van der Waals surface area contributed by atoms with Crippen molar-refractivity contribution < 1.29 is 9.47 Å². The van der Waals surface area contributed by atoms with Gasteiger partial charge in [0.2, 0.25) is 0 Å². The third kappa shape index (κ3) is 2.09. The molecule has 0 amide bonds. The normalized spacial score (nSPS) is 10.8. The SMILES string of the molecule is COc1ccc(OC)c(-c2nc3ccc(C)cc3[nH]2)c1. The zero-order valence-electron chi connectivity index (χ0n) is 11.7. The first-order valence-electron chi connectivity index (χ1n) is 6.40. The number of ether oxygens (including phenoxy) is 2. The molecule has 1 N–H and O–H groups in total. The van der Waals surface area contributed by atoms with Crippen LogP contribution in [0.15, 0.2) is 36.4 Å². The minimum absolute atomic E-state index is 0.765. The third-order valence-electron chi connectivity index (χ3n) is 3.30. The molecule has 2 aromatic carbocycles. The van der Waals surface area contributed by atoms with Gasteiger partial charge in [-0.3, -0.25) is 0 Å². The van der Waals surface area contributed by atoms with E-state index in [4.69, 9.17) is 9.47 Å². The first-order chi connectivity index (χ1) is 9.71. The Labute approximate surface area is 117 Å². The van der Waals surface area contributed by atoms with Crippen LogP contribution < -0.4 is 9.47 Å². The van der Waals surface area contributed by atoms with E-state index >= 15 is 0 Å². The lowest BCUT2D eigenvalue weighted by Gasteiger charge is -2.08. The summed E-state index contributed by atoms with van der Waals surface area (Å²) in [5.41, 5.74) is 4.05. The Morgan fingerprint density at radius 2 is 1.85 bits per heavy atom. The molecule has 0 aliphatic carbocycles. The third-order valence-corrected chi connectivity index (χ3v) is 3.30. The van der Waals surface area contributed by atoms with E-state index in [0.29, 0.717) is 0 Å². The van der Waals surface area contributed by atoms with Gasteiger partial charge in [-0.1, -0.05) is 6.07 Å². The number of aromatic amines is 1. The van der Waals surface area contributed by atoms with Crippen LogP contribution in [0.3, 0.4) is 0 Å². The average molecular weight is 268 g/mol. The molecule has 0 saturated heterocycles. The number of nitrogens with one attached hydrogen (secondary N) is 1. The number of methoxy groups -OCH3 is 2. The van der Waals surface area contributed by atoms with Gasteiger partial charge < -0.3 is 14.5 Å². The van der Waals surface area contributed by atoms with E-state index in [1.807, 2.05) is 24.3 Å². The second-order valence-electron chi connectivity index (χ2n) is 4.67. The van der Waals surface area contributed by atoms with Crippen LogP contribution in [0, 0.1) is 6.92 Å². The van der Waals surface area contributed by atoms with Crippen molar-refractivity contribution in [3.8, 4) is 22.9 Å². The second-order valence-corrected chi connectivity index (χ2v) is 4.67. The quantitative estimate of drug-likeness (QED) is 0.790. The molecule has 0 spiro atoms. The molecule has 0 aliphatic rings. The van der Waals surface area contributed by atoms with E-state index in [-0.39, 0.29) is 0 Å². The first kappa shape index (κ1) is 12.5. The molecule has 1 aromatic heterocycles. The number of nitrogens with zero attached hydrogens (tertiary/aromatic N) is 1. The highest BCUT2D eigenvalue weighted by atomic mass is 16.5. The first-order valence-corrected chi connectivity index (χ1v) is 6.40. The van der Waals surface area contributed by atoms with E-state index in [1.54, 1.807) is 14.2 Å². The van der Waals surface area contributed by atoms with Crippen molar-refractivity contribution >= 4 is 11.0 Å². The van der Waals surface area contributed by atoms with Gasteiger partial charge in [0, 0.05) is 0 Å². The van der Waals surface area contributed by atoms with Crippen LogP contribution in [0.4, 0.5) is 0 Å². The topological polar surface area (TPSA) is 47.1 Å². The van der Waals surface area contributed by atoms with Crippen molar-refractivity contribution in [1.29, 1.82) is 0 Å². The van der Waals surface area contributed by atoms with E-state index in [1.165, 1.54) is 5.56 Å². The van der Waals surface area contributed by atoms with Gasteiger partial charge in [0.05, 0.1) is 30.8 Å². The molecule has 102 valence electrons. The van der Waals surface area contributed by atoms with Crippen molar-refractivity contribution in [3.63, 3.8) is 0 Å². The number of H-pyrrole nitrogens is 1. The molecule has 0 unspecified atom stereocenters. The Morgan fingerprint density at radius 1 is 1.00 bits per heavy atom. The summed E-state index contributed by atoms with van der Waals surface area (Å²) in [6.07, 6.45) is 0. The highest BCUT2D eigenvalue weighted by Crippen LogP contribution is 2.32. The number of hydrogen-bond acceptors (Lipinski definition) is 3. The summed E-state index contributed by atoms with van der Waals surface area (Å²) in [6.45, 7) is 2.06. The van der Waals surface area contributed by atoms with Gasteiger partial charge in [-0.05, 0) is 42.8 Å². The molecule has 0 atom stereocenters. The maximum Gasteiger partial charge on any atom is 0.142 e. The molecule has 1 heterocycles. The maximum atomic E-state index is 5.40. The Kier molecular flexibility index (Phi) is 3.06. The molecule has 0 bridgehead atoms. The van der Waals surface area contributed by atoms with Crippen molar-refractivity contribution in [2.45, 2.75) is 6.92 Å². The molecule has 0 saturated carbocycles. The lowest BCUT2D eigenvalue weighted by atomic mass is 10.2. The standard InChI is InChI=1S/C16H16N2O2/c1-10-4-6-13-14(8-10)18-16(17-13)12-9-11(19-2)5-7-15(12)20-3/h4-9H,1-3H3,(H,17,18). The number of benzene rings is 2. The number of hydrogen-bond donors (Lipinski definition) is 1. The van der Waals surface area contributed by atoms with Crippen molar-refractivity contribution in [1.82, 2.24) is 9.97 Å². The van der Waals surface area contributed by atoms with Crippen LogP contribution >= 0.6 is 0 Å². The number of rotatable bonds is 3. The minimum Gasteiger partial charge on any atom is -0.497 e. The predicted octanol–water partition coefficient (Wildman–Crippen LogP) is 3.56. The Balaban J connectivity index is 2.18. The van der Waals surface area contributed by atoms with Crippen molar-refractivity contribution in [2.75, 3.05) is 14.2 Å². The van der Waals surface area contributed by atoms with Crippen molar-refractivity contribution in [2.24, 2.45) is 0 Å². The summed E-state index contributed by atoms with van der Waals surface area (Å²) in [4.78, 5) is 7.95. The van der Waals surface area contributed by atoms with E-state index in [0.717, 1.165) is 33.9 Å². The molecule has 3 rings (SSSR count). The highest BCUT2D eigenvalue weighted by Gasteiger charge is 2.12. The van der Waals surface area contributed by atoms with Crippen LogP contribution in [0.5, 0.6) is 11.5 Å². The molecular formula is C16H16N2O2. The zero-order valence-corrected chi connectivity index (χ0v) is 11.7. The van der Waals surface area contributed by atoms with Crippen LogP contribution in [0.2, 0.25) is 0 Å². The molecule has 4 heteroatoms. The van der Waals surface area contributed by atoms with Gasteiger partial charge in [0.15, 0.2) is 0 Å². The summed E-state index contributed by atoms with van der Waals surface area (Å²) in [5.74, 6) is 2.32. The number of imidazole rings is 1. The van der Waals surface area contributed by atoms with Crippen LogP contribution in [0.25, 0.3) is 22.4 Å². The maximum absolute atomic E-state index is 5.40.